The molecule has 1 atom stereocenters. The van der Waals surface area contributed by atoms with Crippen LogP contribution in [0.2, 0.25) is 0 Å². The van der Waals surface area contributed by atoms with Crippen molar-refractivity contribution in [3.8, 4) is 0 Å². The minimum absolute atomic E-state index is 0.0475. The van der Waals surface area contributed by atoms with Crippen LogP contribution in [-0.2, 0) is 11.3 Å². The highest BCUT2D eigenvalue weighted by Gasteiger charge is 2.25. The van der Waals surface area contributed by atoms with E-state index in [0.717, 1.165) is 5.56 Å². The summed E-state index contributed by atoms with van der Waals surface area (Å²) in [6, 6.07) is 4.13. The van der Waals surface area contributed by atoms with Crippen molar-refractivity contribution in [2.24, 2.45) is 0 Å². The first-order chi connectivity index (χ1) is 10.1. The normalized spacial score (nSPS) is 17.7. The molecule has 1 aliphatic rings. The Labute approximate surface area is 126 Å². The molecule has 0 unspecified atom stereocenters. The number of pyridine rings is 1. The molecule has 5 nitrogen and oxygen atoms in total. The van der Waals surface area contributed by atoms with Crippen molar-refractivity contribution in [3.05, 3.63) is 23.9 Å². The number of nitrogens with two attached hydrogens (primary N) is 1. The predicted octanol–water partition coefficient (Wildman–Crippen LogP) is 1.93. The maximum Gasteiger partial charge on any atom is 0.237 e. The third-order valence-corrected chi connectivity index (χ3v) is 4.52. The molecular formula is C16H26N4O. The average molecular weight is 290 g/mol. The Morgan fingerprint density at radius 1 is 1.48 bits per heavy atom. The zero-order valence-corrected chi connectivity index (χ0v) is 13.0. The maximum absolute atomic E-state index is 12.3. The van der Waals surface area contributed by atoms with Crippen molar-refractivity contribution in [2.45, 2.75) is 57.7 Å². The summed E-state index contributed by atoms with van der Waals surface area (Å²) in [6.45, 7) is 2.40. The summed E-state index contributed by atoms with van der Waals surface area (Å²) in [5.74, 6) is 0.525. The highest BCUT2D eigenvalue weighted by atomic mass is 16.2. The molecule has 0 aliphatic heterocycles. The number of anilines is 1. The van der Waals surface area contributed by atoms with Gasteiger partial charge >= 0.3 is 0 Å². The van der Waals surface area contributed by atoms with Crippen LogP contribution in [0.1, 0.15) is 44.6 Å². The molecule has 3 N–H and O–H groups in total. The Morgan fingerprint density at radius 2 is 2.19 bits per heavy atom. The second kappa shape index (κ2) is 7.41. The monoisotopic (exact) mass is 290 g/mol. The molecule has 0 radical (unpaired) electrons. The van der Waals surface area contributed by atoms with E-state index in [0.29, 0.717) is 18.4 Å². The summed E-state index contributed by atoms with van der Waals surface area (Å²) in [4.78, 5) is 18.5. The molecule has 1 aliphatic carbocycles. The summed E-state index contributed by atoms with van der Waals surface area (Å²) in [6.07, 6.45) is 7.92. The summed E-state index contributed by atoms with van der Waals surface area (Å²) in [5.41, 5.74) is 6.65. The lowest BCUT2D eigenvalue weighted by atomic mass is 9.93. The molecule has 1 saturated carbocycles. The first-order valence-corrected chi connectivity index (χ1v) is 7.78. The number of nitrogen functional groups attached to an aromatic ring is 1. The van der Waals surface area contributed by atoms with E-state index in [-0.39, 0.29) is 11.9 Å². The van der Waals surface area contributed by atoms with E-state index in [1.807, 2.05) is 19.1 Å². The van der Waals surface area contributed by atoms with E-state index in [2.05, 4.69) is 22.2 Å². The van der Waals surface area contributed by atoms with Crippen LogP contribution in [0.15, 0.2) is 18.3 Å². The van der Waals surface area contributed by atoms with Gasteiger partial charge < -0.3 is 11.1 Å². The van der Waals surface area contributed by atoms with Crippen LogP contribution in [0.5, 0.6) is 0 Å². The summed E-state index contributed by atoms with van der Waals surface area (Å²) in [5, 5.41) is 2.96. The molecule has 1 heterocycles. The summed E-state index contributed by atoms with van der Waals surface area (Å²) >= 11 is 0. The van der Waals surface area contributed by atoms with Crippen LogP contribution in [0.25, 0.3) is 0 Å². The number of hydrogen-bond acceptors (Lipinski definition) is 4. The molecule has 1 fully saturated rings. The lowest BCUT2D eigenvalue weighted by Gasteiger charge is -2.34. The van der Waals surface area contributed by atoms with Gasteiger partial charge in [0, 0.05) is 24.3 Å². The number of carbonyl (C=O) groups is 1. The number of hydrogen-bond donors (Lipinski definition) is 2. The number of nitrogens with zero attached hydrogens (tertiary/aromatic N) is 2. The zero-order valence-electron chi connectivity index (χ0n) is 13.0. The second-order valence-electron chi connectivity index (χ2n) is 5.90. The molecule has 116 valence electrons. The van der Waals surface area contributed by atoms with Crippen molar-refractivity contribution in [1.82, 2.24) is 15.2 Å². The quantitative estimate of drug-likeness (QED) is 0.869. The molecule has 1 aromatic heterocycles. The number of amides is 1. The predicted molar refractivity (Wildman–Crippen MR) is 84.6 cm³/mol. The van der Waals surface area contributed by atoms with Crippen LogP contribution in [0.4, 0.5) is 5.82 Å². The van der Waals surface area contributed by atoms with Gasteiger partial charge in [0.2, 0.25) is 5.91 Å². The van der Waals surface area contributed by atoms with E-state index >= 15 is 0 Å². The SMILES string of the molecule is C[C@@H](C(=O)NCc1cccnc1N)N(C)C1CCCCC1. The van der Waals surface area contributed by atoms with Crippen LogP contribution in [-0.4, -0.2) is 34.9 Å². The second-order valence-corrected chi connectivity index (χ2v) is 5.90. The first kappa shape index (κ1) is 15.8. The van der Waals surface area contributed by atoms with Crippen molar-refractivity contribution in [1.29, 1.82) is 0 Å². The Bertz CT molecular complexity index is 471. The van der Waals surface area contributed by atoms with Crippen molar-refractivity contribution in [3.63, 3.8) is 0 Å². The lowest BCUT2D eigenvalue weighted by Crippen LogP contribution is -2.48. The van der Waals surface area contributed by atoms with Gasteiger partial charge in [-0.1, -0.05) is 25.3 Å². The minimum atomic E-state index is -0.119. The minimum Gasteiger partial charge on any atom is -0.383 e. The zero-order chi connectivity index (χ0) is 15.2. The van der Waals surface area contributed by atoms with Crippen molar-refractivity contribution in [2.75, 3.05) is 12.8 Å². The van der Waals surface area contributed by atoms with Gasteiger partial charge in [-0.15, -0.1) is 0 Å². The Hall–Kier alpha value is -1.62. The molecule has 0 spiro atoms. The standard InChI is InChI=1S/C16H26N4O/c1-12(20(2)14-8-4-3-5-9-14)16(21)19-11-13-7-6-10-18-15(13)17/h6-7,10,12,14H,3-5,8-9,11H2,1-2H3,(H2,17,18)(H,19,21)/t12-/m0/s1. The maximum atomic E-state index is 12.3. The number of nitrogens with one attached hydrogen (secondary N) is 1. The molecule has 21 heavy (non-hydrogen) atoms. The van der Waals surface area contributed by atoms with Crippen molar-refractivity contribution < 1.29 is 4.79 Å². The fraction of sp³-hybridized carbons (Fsp3) is 0.625. The van der Waals surface area contributed by atoms with E-state index in [1.165, 1.54) is 32.1 Å². The van der Waals surface area contributed by atoms with Gasteiger partial charge in [0.25, 0.3) is 0 Å². The van der Waals surface area contributed by atoms with E-state index < -0.39 is 0 Å². The van der Waals surface area contributed by atoms with Gasteiger partial charge in [-0.2, -0.15) is 0 Å². The van der Waals surface area contributed by atoms with E-state index in [9.17, 15) is 4.79 Å². The van der Waals surface area contributed by atoms with Gasteiger partial charge in [0.05, 0.1) is 6.04 Å². The van der Waals surface area contributed by atoms with Gasteiger partial charge in [-0.05, 0) is 32.9 Å². The highest BCUT2D eigenvalue weighted by molar-refractivity contribution is 5.81. The molecule has 1 aromatic rings. The lowest BCUT2D eigenvalue weighted by molar-refractivity contribution is -0.126. The first-order valence-electron chi connectivity index (χ1n) is 7.78. The molecule has 5 heteroatoms. The Morgan fingerprint density at radius 3 is 2.86 bits per heavy atom. The van der Waals surface area contributed by atoms with Gasteiger partial charge in [0.1, 0.15) is 5.82 Å². The van der Waals surface area contributed by atoms with Crippen LogP contribution < -0.4 is 11.1 Å². The van der Waals surface area contributed by atoms with Crippen LogP contribution >= 0.6 is 0 Å². The van der Waals surface area contributed by atoms with Gasteiger partial charge in [-0.3, -0.25) is 9.69 Å². The smallest absolute Gasteiger partial charge is 0.237 e. The summed E-state index contributed by atoms with van der Waals surface area (Å²) in [7, 11) is 2.05. The van der Waals surface area contributed by atoms with Gasteiger partial charge in [0.15, 0.2) is 0 Å². The topological polar surface area (TPSA) is 71.2 Å². The van der Waals surface area contributed by atoms with E-state index in [4.69, 9.17) is 5.73 Å². The Balaban J connectivity index is 1.86. The van der Waals surface area contributed by atoms with E-state index in [1.54, 1.807) is 6.20 Å². The van der Waals surface area contributed by atoms with Gasteiger partial charge in [-0.25, -0.2) is 4.98 Å². The number of likely N-dealkylation sites (N-methyl/N-ethyl adjacent to an activating group) is 1. The molecule has 0 saturated heterocycles. The summed E-state index contributed by atoms with van der Waals surface area (Å²) < 4.78 is 0. The number of aromatic nitrogens is 1. The molecule has 1 amide bonds. The Kier molecular flexibility index (Phi) is 5.56. The number of rotatable bonds is 5. The largest absolute Gasteiger partial charge is 0.383 e. The average Bonchev–Trinajstić information content (AvgIpc) is 2.53. The van der Waals surface area contributed by atoms with Crippen LogP contribution in [0, 0.1) is 0 Å². The molecule has 2 rings (SSSR count). The fourth-order valence-electron chi connectivity index (χ4n) is 2.92. The fourth-order valence-corrected chi connectivity index (χ4v) is 2.92. The molecular weight excluding hydrogens is 264 g/mol. The third-order valence-electron chi connectivity index (χ3n) is 4.52. The number of carbonyl (C=O) groups excluding carboxylic acids is 1. The highest BCUT2D eigenvalue weighted by Crippen LogP contribution is 2.23. The van der Waals surface area contributed by atoms with Crippen molar-refractivity contribution >= 4 is 11.7 Å². The molecule has 0 aromatic carbocycles. The molecule has 0 bridgehead atoms. The third kappa shape index (κ3) is 4.17. The van der Waals surface area contributed by atoms with Crippen LogP contribution in [0.3, 0.4) is 0 Å².